The molecule has 0 aliphatic heterocycles. The van der Waals surface area contributed by atoms with Gasteiger partial charge in [0.15, 0.2) is 0 Å². The maximum atomic E-state index is 8.49. The van der Waals surface area contributed by atoms with Gasteiger partial charge in [-0.15, -0.1) is 21.6 Å². The van der Waals surface area contributed by atoms with Crippen molar-refractivity contribution < 1.29 is 33.3 Å². The van der Waals surface area contributed by atoms with Crippen LogP contribution in [0.15, 0.2) is 28.0 Å². The molecular formula is C15H17ClO5S. The summed E-state index contributed by atoms with van der Waals surface area (Å²) in [6, 6.07) is 6.48. The van der Waals surface area contributed by atoms with Gasteiger partial charge in [-0.2, -0.15) is 0 Å². The van der Waals surface area contributed by atoms with E-state index in [0.717, 1.165) is 12.2 Å². The highest BCUT2D eigenvalue weighted by atomic mass is 35.7. The second-order valence-electron chi connectivity index (χ2n) is 4.95. The highest BCUT2D eigenvalue weighted by Crippen LogP contribution is 2.32. The molecule has 0 unspecified atom stereocenters. The topological polar surface area (TPSA) is 104 Å². The van der Waals surface area contributed by atoms with E-state index in [9.17, 15) is 0 Å². The second-order valence-corrected chi connectivity index (χ2v) is 6.66. The first-order valence-corrected chi connectivity index (χ1v) is 9.13. The first-order valence-electron chi connectivity index (χ1n) is 7.02. The van der Waals surface area contributed by atoms with Crippen LogP contribution < -0.4 is 18.6 Å². The van der Waals surface area contributed by atoms with Crippen molar-refractivity contribution in [1.82, 2.24) is 0 Å². The molecule has 0 fully saturated rings. The zero-order chi connectivity index (χ0) is 16.2. The van der Waals surface area contributed by atoms with Gasteiger partial charge in [-0.25, -0.2) is 23.1 Å². The van der Waals surface area contributed by atoms with E-state index >= 15 is 0 Å². The molecule has 22 heavy (non-hydrogen) atoms. The normalized spacial score (nSPS) is 14.0. The molecule has 5 nitrogen and oxygen atoms in total. The molecule has 2 aromatic heterocycles. The third-order valence-corrected chi connectivity index (χ3v) is 4.36. The lowest BCUT2D eigenvalue weighted by Gasteiger charge is -2.17. The van der Waals surface area contributed by atoms with Crippen LogP contribution in [0.25, 0.3) is 10.6 Å². The average Bonchev–Trinajstić information content (AvgIpc) is 2.98. The molecule has 0 saturated heterocycles. The Morgan fingerprint density at radius 2 is 1.86 bits per heavy atom. The molecule has 0 saturated carbocycles. The van der Waals surface area contributed by atoms with E-state index in [2.05, 4.69) is 30.5 Å². The van der Waals surface area contributed by atoms with E-state index in [1.165, 1.54) is 47.4 Å². The molecule has 3 rings (SSSR count). The van der Waals surface area contributed by atoms with Crippen LogP contribution in [0.4, 0.5) is 0 Å². The van der Waals surface area contributed by atoms with Crippen molar-refractivity contribution >= 4 is 11.3 Å². The van der Waals surface area contributed by atoms with Gasteiger partial charge in [-0.3, -0.25) is 0 Å². The number of thiophene rings is 1. The Balaban J connectivity index is 0.000000309. The number of aryl methyl sites for hydroxylation is 2. The van der Waals surface area contributed by atoms with Crippen LogP contribution in [0, 0.1) is 10.2 Å². The summed E-state index contributed by atoms with van der Waals surface area (Å²) in [5, 5.41) is 2.11. The molecule has 2 heterocycles. The summed E-state index contributed by atoms with van der Waals surface area (Å²) >= 11 is 1.75. The Hall–Kier alpha value is -1.02. The molecule has 0 bridgehead atoms. The third kappa shape index (κ3) is 5.01. The van der Waals surface area contributed by atoms with Gasteiger partial charge in [0.25, 0.3) is 0 Å². The minimum atomic E-state index is -4.94. The molecule has 7 heteroatoms. The van der Waals surface area contributed by atoms with Gasteiger partial charge < -0.3 is 0 Å². The smallest absolute Gasteiger partial charge is 0.222 e. The standard InChI is InChI=1S/C15H17OS.ClHO4/c1-2-13-12-7-4-3-6-11(12)10-14(16-13)15-8-5-9-17-15;2-1(3,4)5/h5,8-10H,2-4,6-7H2,1H3;(H,2,3,4,5)/q+1;/p-1. The van der Waals surface area contributed by atoms with Crippen molar-refractivity contribution in [2.24, 2.45) is 0 Å². The summed E-state index contributed by atoms with van der Waals surface area (Å²) < 4.78 is 40.1. The largest absolute Gasteiger partial charge is 0.370 e. The molecule has 0 N–H and O–H groups in total. The Morgan fingerprint density at radius 3 is 2.45 bits per heavy atom. The van der Waals surface area contributed by atoms with Gasteiger partial charge in [0.2, 0.25) is 0 Å². The number of fused-ring (bicyclic) bond motifs is 1. The maximum Gasteiger partial charge on any atom is 0.370 e. The van der Waals surface area contributed by atoms with Crippen molar-refractivity contribution in [3.8, 4) is 10.6 Å². The van der Waals surface area contributed by atoms with Crippen molar-refractivity contribution in [3.63, 3.8) is 0 Å². The van der Waals surface area contributed by atoms with Crippen LogP contribution in [0.3, 0.4) is 0 Å². The molecule has 0 radical (unpaired) electrons. The Morgan fingerprint density at radius 1 is 1.18 bits per heavy atom. The summed E-state index contributed by atoms with van der Waals surface area (Å²) in [4.78, 5) is 1.24. The fraction of sp³-hybridized carbons (Fsp3) is 0.400. The lowest BCUT2D eigenvalue weighted by molar-refractivity contribution is -2.00. The van der Waals surface area contributed by atoms with Crippen LogP contribution in [0.2, 0.25) is 0 Å². The van der Waals surface area contributed by atoms with Gasteiger partial charge in [0, 0.05) is 6.07 Å². The van der Waals surface area contributed by atoms with Gasteiger partial charge in [-0.05, 0) is 42.7 Å². The maximum absolute atomic E-state index is 8.49. The molecule has 0 spiro atoms. The van der Waals surface area contributed by atoms with Crippen LogP contribution >= 0.6 is 11.3 Å². The Labute approximate surface area is 135 Å². The molecule has 1 aliphatic rings. The molecule has 0 amide bonds. The summed E-state index contributed by atoms with van der Waals surface area (Å²) in [5.41, 5.74) is 3.00. The third-order valence-electron chi connectivity index (χ3n) is 3.47. The SMILES string of the molecule is CCc1[o+]c(-c2cccs2)cc2c1CCCC2.[O-][Cl+3]([O-])([O-])[O-]. The van der Waals surface area contributed by atoms with Crippen LogP contribution in [-0.4, -0.2) is 0 Å². The Bertz CT molecular complexity index is 584. The zero-order valence-electron chi connectivity index (χ0n) is 12.2. The van der Waals surface area contributed by atoms with Crippen molar-refractivity contribution in [1.29, 1.82) is 0 Å². The highest BCUT2D eigenvalue weighted by Gasteiger charge is 2.25. The van der Waals surface area contributed by atoms with Gasteiger partial charge in [-0.1, -0.05) is 13.0 Å². The molecule has 120 valence electrons. The molecule has 0 atom stereocenters. The van der Waals surface area contributed by atoms with Gasteiger partial charge in [0.1, 0.15) is 4.88 Å². The Kier molecular flexibility index (Phi) is 5.91. The first kappa shape index (κ1) is 17.3. The lowest BCUT2D eigenvalue weighted by Crippen LogP contribution is -2.68. The number of halogens is 1. The summed E-state index contributed by atoms with van der Waals surface area (Å²) in [5.74, 6) is 2.25. The van der Waals surface area contributed by atoms with Gasteiger partial charge >= 0.3 is 11.5 Å². The van der Waals surface area contributed by atoms with E-state index < -0.39 is 10.2 Å². The number of rotatable bonds is 2. The minimum absolute atomic E-state index is 1.00. The molecule has 1 aliphatic carbocycles. The highest BCUT2D eigenvalue weighted by molar-refractivity contribution is 7.13. The molecule has 0 aromatic carbocycles. The fourth-order valence-electron chi connectivity index (χ4n) is 2.61. The molecular weight excluding hydrogens is 328 g/mol. The quantitative estimate of drug-likeness (QED) is 0.712. The van der Waals surface area contributed by atoms with Crippen LogP contribution in [0.5, 0.6) is 0 Å². The summed E-state index contributed by atoms with van der Waals surface area (Å²) in [6.07, 6.45) is 6.06. The van der Waals surface area contributed by atoms with Crippen LogP contribution in [0.1, 0.15) is 36.7 Å². The van der Waals surface area contributed by atoms with Crippen LogP contribution in [-0.2, 0) is 19.3 Å². The van der Waals surface area contributed by atoms with E-state index in [1.54, 1.807) is 11.3 Å². The monoisotopic (exact) mass is 344 g/mol. The van der Waals surface area contributed by atoms with Gasteiger partial charge in [0.05, 0.1) is 12.0 Å². The zero-order valence-corrected chi connectivity index (χ0v) is 13.7. The number of hydrogen-bond donors (Lipinski definition) is 0. The van der Waals surface area contributed by atoms with E-state index in [-0.39, 0.29) is 0 Å². The predicted molar refractivity (Wildman–Crippen MR) is 72.4 cm³/mol. The summed E-state index contributed by atoms with van der Waals surface area (Å²) in [6.45, 7) is 2.19. The second kappa shape index (κ2) is 7.50. The first-order chi connectivity index (χ1) is 10.4. The predicted octanol–water partition coefficient (Wildman–Crippen LogP) is -0.0256. The minimum Gasteiger partial charge on any atom is -0.222 e. The van der Waals surface area contributed by atoms with E-state index in [4.69, 9.17) is 23.1 Å². The van der Waals surface area contributed by atoms with E-state index in [1.807, 2.05) is 0 Å². The molecule has 2 aromatic rings. The fourth-order valence-corrected chi connectivity index (χ4v) is 3.29. The average molecular weight is 345 g/mol. The van der Waals surface area contributed by atoms with E-state index in [0.29, 0.717) is 0 Å². The van der Waals surface area contributed by atoms with Crippen molar-refractivity contribution in [2.75, 3.05) is 0 Å². The summed E-state index contributed by atoms with van der Waals surface area (Å²) in [7, 11) is -4.94. The lowest BCUT2D eigenvalue weighted by atomic mass is 9.90. The van der Waals surface area contributed by atoms with Crippen molar-refractivity contribution in [3.05, 3.63) is 40.5 Å². The number of hydrogen-bond acceptors (Lipinski definition) is 5. The van der Waals surface area contributed by atoms with Crippen molar-refractivity contribution in [2.45, 2.75) is 39.0 Å².